The van der Waals surface area contributed by atoms with Gasteiger partial charge in [-0.2, -0.15) is 5.10 Å². The summed E-state index contributed by atoms with van der Waals surface area (Å²) in [5.74, 6) is 1.80. The summed E-state index contributed by atoms with van der Waals surface area (Å²) in [4.78, 5) is 0. The zero-order valence-electron chi connectivity index (χ0n) is 19.9. The summed E-state index contributed by atoms with van der Waals surface area (Å²) < 4.78 is 6.54. The van der Waals surface area contributed by atoms with Crippen LogP contribution in [0.3, 0.4) is 0 Å². The second-order valence-electron chi connectivity index (χ2n) is 9.60. The maximum atomic E-state index is 6.54. The van der Waals surface area contributed by atoms with Crippen LogP contribution < -0.4 is 10.2 Å². The highest BCUT2D eigenvalue weighted by Crippen LogP contribution is 2.62. The van der Waals surface area contributed by atoms with E-state index in [0.29, 0.717) is 0 Å². The lowest BCUT2D eigenvalue weighted by atomic mass is 9.66. The van der Waals surface area contributed by atoms with Crippen molar-refractivity contribution in [2.75, 3.05) is 0 Å². The molecule has 8 rings (SSSR count). The normalized spacial score (nSPS) is 17.6. The van der Waals surface area contributed by atoms with Gasteiger partial charge in [0.05, 0.1) is 5.41 Å². The van der Waals surface area contributed by atoms with Gasteiger partial charge in [-0.3, -0.25) is 5.43 Å². The molecule has 0 bridgehead atoms. The Hall–Kier alpha value is -4.28. The molecule has 37 heavy (non-hydrogen) atoms. The number of hydrogen-bond acceptors (Lipinski definition) is 4. The number of fused-ring (bicyclic) bond motifs is 9. The lowest BCUT2D eigenvalue weighted by Crippen LogP contribution is -2.32. The molecule has 0 saturated carbocycles. The van der Waals surface area contributed by atoms with Crippen LogP contribution in [-0.4, -0.2) is 5.04 Å². The van der Waals surface area contributed by atoms with E-state index in [1.807, 2.05) is 6.07 Å². The van der Waals surface area contributed by atoms with E-state index in [9.17, 15) is 0 Å². The molecule has 5 aromatic carbocycles. The molecule has 5 aromatic rings. The zero-order valence-corrected chi connectivity index (χ0v) is 20.7. The Bertz CT molecular complexity index is 1680. The third kappa shape index (κ3) is 2.87. The summed E-state index contributed by atoms with van der Waals surface area (Å²) in [6, 6.07) is 43.1. The molecule has 1 N–H and O–H groups in total. The van der Waals surface area contributed by atoms with Gasteiger partial charge in [-0.25, -0.2) is 0 Å². The molecule has 3 nitrogen and oxygen atoms in total. The third-order valence-corrected chi connectivity index (χ3v) is 8.87. The molecule has 176 valence electrons. The van der Waals surface area contributed by atoms with Crippen molar-refractivity contribution in [1.29, 1.82) is 0 Å². The van der Waals surface area contributed by atoms with Crippen molar-refractivity contribution in [1.82, 2.24) is 5.43 Å². The average Bonchev–Trinajstić information content (AvgIpc) is 3.57. The third-order valence-electron chi connectivity index (χ3n) is 7.71. The van der Waals surface area contributed by atoms with Gasteiger partial charge in [0, 0.05) is 16.7 Å². The molecule has 1 spiro atoms. The van der Waals surface area contributed by atoms with E-state index in [0.717, 1.165) is 27.7 Å². The SMILES string of the molecule is c1ccc(C2NN=C(c3ccc4c(c3)C3(c5ccccc5O4)c4ccccc4-c4ccccc43)S2)cc1. The summed E-state index contributed by atoms with van der Waals surface area (Å²) in [6.45, 7) is 0. The standard InChI is InChI=1S/C33H22N2OS/c1-2-10-21(11-3-1)31-34-35-32(37-31)22-18-19-30-28(20-22)33(27-16-8-9-17-29(27)36-30)25-14-6-4-12-23(25)24-13-5-7-15-26(24)33/h1-20,31,34H. The molecule has 0 amide bonds. The first-order valence-corrected chi connectivity index (χ1v) is 13.4. The minimum absolute atomic E-state index is 0.103. The van der Waals surface area contributed by atoms with E-state index in [-0.39, 0.29) is 5.37 Å². The largest absolute Gasteiger partial charge is 0.457 e. The molecular formula is C33H22N2OS. The van der Waals surface area contributed by atoms with Gasteiger partial charge in [0.15, 0.2) is 0 Å². The lowest BCUT2D eigenvalue weighted by molar-refractivity contribution is 0.436. The van der Waals surface area contributed by atoms with Crippen LogP contribution in [-0.2, 0) is 5.41 Å². The van der Waals surface area contributed by atoms with Crippen molar-refractivity contribution in [3.05, 3.63) is 155 Å². The van der Waals surface area contributed by atoms with Gasteiger partial charge in [0.2, 0.25) is 0 Å². The van der Waals surface area contributed by atoms with Crippen LogP contribution in [0.15, 0.2) is 126 Å². The number of thioether (sulfide) groups is 1. The summed E-state index contributed by atoms with van der Waals surface area (Å²) in [6.07, 6.45) is 0. The Balaban J connectivity index is 1.35. The molecule has 1 unspecified atom stereocenters. The molecule has 3 aliphatic rings. The van der Waals surface area contributed by atoms with Crippen molar-refractivity contribution in [3.8, 4) is 22.6 Å². The smallest absolute Gasteiger partial charge is 0.132 e. The Morgan fingerprint density at radius 1 is 0.622 bits per heavy atom. The van der Waals surface area contributed by atoms with Crippen LogP contribution in [0.25, 0.3) is 11.1 Å². The maximum absolute atomic E-state index is 6.54. The van der Waals surface area contributed by atoms with Gasteiger partial charge >= 0.3 is 0 Å². The van der Waals surface area contributed by atoms with Crippen molar-refractivity contribution in [3.63, 3.8) is 0 Å². The van der Waals surface area contributed by atoms with Crippen LogP contribution in [0.4, 0.5) is 0 Å². The average molecular weight is 495 g/mol. The molecule has 0 radical (unpaired) electrons. The van der Waals surface area contributed by atoms with Crippen molar-refractivity contribution >= 4 is 16.8 Å². The lowest BCUT2D eigenvalue weighted by Gasteiger charge is -2.39. The van der Waals surface area contributed by atoms with Gasteiger partial charge in [-0.1, -0.05) is 109 Å². The van der Waals surface area contributed by atoms with E-state index in [4.69, 9.17) is 9.84 Å². The van der Waals surface area contributed by atoms with Crippen molar-refractivity contribution in [2.24, 2.45) is 5.10 Å². The number of ether oxygens (including phenoxy) is 1. The molecule has 2 heterocycles. The predicted molar refractivity (Wildman–Crippen MR) is 150 cm³/mol. The molecule has 1 atom stereocenters. The van der Waals surface area contributed by atoms with Gasteiger partial charge in [0.1, 0.15) is 21.9 Å². The molecule has 1 aliphatic carbocycles. The molecule has 0 saturated heterocycles. The number of nitrogens with one attached hydrogen (secondary N) is 1. The minimum Gasteiger partial charge on any atom is -0.457 e. The van der Waals surface area contributed by atoms with E-state index >= 15 is 0 Å². The van der Waals surface area contributed by atoms with Crippen LogP contribution in [0.1, 0.15) is 38.8 Å². The Morgan fingerprint density at radius 2 is 1.24 bits per heavy atom. The minimum atomic E-state index is -0.455. The first kappa shape index (κ1) is 20.9. The van der Waals surface area contributed by atoms with Crippen molar-refractivity contribution in [2.45, 2.75) is 10.8 Å². The first-order chi connectivity index (χ1) is 18.3. The summed E-state index contributed by atoms with van der Waals surface area (Å²) in [7, 11) is 0. The fourth-order valence-corrected chi connectivity index (χ4v) is 7.16. The number of benzene rings is 5. The zero-order chi connectivity index (χ0) is 24.4. The highest BCUT2D eigenvalue weighted by atomic mass is 32.2. The molecule has 2 aliphatic heterocycles. The van der Waals surface area contributed by atoms with Crippen LogP contribution in [0.5, 0.6) is 11.5 Å². The fourth-order valence-electron chi connectivity index (χ4n) is 6.17. The molecule has 0 fully saturated rings. The first-order valence-electron chi connectivity index (χ1n) is 12.5. The van der Waals surface area contributed by atoms with Crippen LogP contribution in [0, 0.1) is 0 Å². The number of hydrazone groups is 1. The Kier molecular flexibility index (Phi) is 4.43. The van der Waals surface area contributed by atoms with Gasteiger partial charge in [-0.05, 0) is 52.1 Å². The Morgan fingerprint density at radius 3 is 2.00 bits per heavy atom. The topological polar surface area (TPSA) is 33.6 Å². The van der Waals surface area contributed by atoms with E-state index in [2.05, 4.69) is 121 Å². The second-order valence-corrected chi connectivity index (χ2v) is 10.7. The van der Waals surface area contributed by atoms with E-state index in [1.54, 1.807) is 11.8 Å². The van der Waals surface area contributed by atoms with Crippen LogP contribution >= 0.6 is 11.8 Å². The Labute approximate surface area is 219 Å². The molecule has 4 heteroatoms. The number of rotatable bonds is 2. The van der Waals surface area contributed by atoms with Gasteiger partial charge in [0.25, 0.3) is 0 Å². The summed E-state index contributed by atoms with van der Waals surface area (Å²) in [5, 5.41) is 5.84. The highest BCUT2D eigenvalue weighted by molar-refractivity contribution is 8.14. The van der Waals surface area contributed by atoms with E-state index < -0.39 is 5.41 Å². The summed E-state index contributed by atoms with van der Waals surface area (Å²) >= 11 is 1.75. The number of para-hydroxylation sites is 1. The molecular weight excluding hydrogens is 472 g/mol. The predicted octanol–water partition coefficient (Wildman–Crippen LogP) is 7.85. The van der Waals surface area contributed by atoms with E-state index in [1.165, 1.54) is 33.4 Å². The van der Waals surface area contributed by atoms with Gasteiger partial charge < -0.3 is 4.74 Å². The number of nitrogens with zero attached hydrogens (tertiary/aromatic N) is 1. The van der Waals surface area contributed by atoms with Crippen LogP contribution in [0.2, 0.25) is 0 Å². The van der Waals surface area contributed by atoms with Gasteiger partial charge in [-0.15, -0.1) is 0 Å². The quantitative estimate of drug-likeness (QED) is 0.266. The maximum Gasteiger partial charge on any atom is 0.132 e. The number of hydrogen-bond donors (Lipinski definition) is 1. The highest BCUT2D eigenvalue weighted by Gasteiger charge is 2.51. The van der Waals surface area contributed by atoms with Crippen molar-refractivity contribution < 1.29 is 4.74 Å². The second kappa shape index (κ2) is 7.86. The monoisotopic (exact) mass is 494 g/mol. The summed E-state index contributed by atoms with van der Waals surface area (Å²) in [5.41, 5.74) is 12.7. The molecule has 0 aromatic heterocycles. The fraction of sp³-hybridized carbons (Fsp3) is 0.0606.